The molecule has 0 bridgehead atoms. The van der Waals surface area contributed by atoms with Crippen LogP contribution in [-0.4, -0.2) is 23.4 Å². The van der Waals surface area contributed by atoms with Crippen LogP contribution in [-0.2, 0) is 6.42 Å². The van der Waals surface area contributed by atoms with E-state index in [1.165, 1.54) is 49.7 Å². The molecule has 3 rings (SSSR count). The summed E-state index contributed by atoms with van der Waals surface area (Å²) in [6.07, 6.45) is 9.02. The first-order valence-corrected chi connectivity index (χ1v) is 8.46. The number of rotatable bonds is 3. The molecule has 2 N–H and O–H groups in total. The number of hydrogen-bond donors (Lipinski definition) is 1. The summed E-state index contributed by atoms with van der Waals surface area (Å²) in [6, 6.07) is 9.95. The van der Waals surface area contributed by atoms with Gasteiger partial charge in [-0.2, -0.15) is 0 Å². The highest BCUT2D eigenvalue weighted by molar-refractivity contribution is 5.80. The van der Waals surface area contributed by atoms with Crippen LogP contribution in [0, 0.1) is 0 Å². The third kappa shape index (κ3) is 3.07. The molecule has 3 heteroatoms. The van der Waals surface area contributed by atoms with Crippen LogP contribution in [0.3, 0.4) is 0 Å². The summed E-state index contributed by atoms with van der Waals surface area (Å²) >= 11 is 0. The van der Waals surface area contributed by atoms with Crippen molar-refractivity contribution < 1.29 is 0 Å². The fourth-order valence-electron chi connectivity index (χ4n) is 3.73. The van der Waals surface area contributed by atoms with E-state index >= 15 is 0 Å². The predicted octanol–water partition coefficient (Wildman–Crippen LogP) is 3.64. The van der Waals surface area contributed by atoms with E-state index in [1.807, 2.05) is 0 Å². The monoisotopic (exact) mass is 285 g/mol. The summed E-state index contributed by atoms with van der Waals surface area (Å²) in [5.41, 5.74) is 8.98. The van der Waals surface area contributed by atoms with Crippen LogP contribution in [0.1, 0.15) is 62.6 Å². The second-order valence-corrected chi connectivity index (χ2v) is 6.36. The Labute approximate surface area is 128 Å². The molecule has 1 heterocycles. The molecule has 1 aromatic rings. The van der Waals surface area contributed by atoms with Crippen molar-refractivity contribution in [3.05, 3.63) is 35.4 Å². The Kier molecular flexibility index (Phi) is 4.47. The van der Waals surface area contributed by atoms with Crippen LogP contribution in [0.5, 0.6) is 0 Å². The van der Waals surface area contributed by atoms with Gasteiger partial charge in [0.1, 0.15) is 0 Å². The van der Waals surface area contributed by atoms with E-state index in [2.05, 4.69) is 41.1 Å². The molecule has 1 fully saturated rings. The van der Waals surface area contributed by atoms with E-state index in [-0.39, 0.29) is 0 Å². The van der Waals surface area contributed by atoms with Crippen LogP contribution in [0.15, 0.2) is 29.3 Å². The maximum atomic E-state index is 6.22. The third-order valence-electron chi connectivity index (χ3n) is 5.02. The van der Waals surface area contributed by atoms with Gasteiger partial charge in [0.25, 0.3) is 0 Å². The van der Waals surface area contributed by atoms with E-state index in [0.29, 0.717) is 12.1 Å². The van der Waals surface area contributed by atoms with Gasteiger partial charge in [-0.15, -0.1) is 0 Å². The maximum Gasteiger partial charge on any atom is 0.192 e. The summed E-state index contributed by atoms with van der Waals surface area (Å²) in [5.74, 6) is 0.756. The lowest BCUT2D eigenvalue weighted by Crippen LogP contribution is -2.43. The van der Waals surface area contributed by atoms with Crippen LogP contribution in [0.2, 0.25) is 0 Å². The Morgan fingerprint density at radius 2 is 1.76 bits per heavy atom. The molecule has 1 unspecified atom stereocenters. The molecule has 0 amide bonds. The van der Waals surface area contributed by atoms with E-state index in [9.17, 15) is 0 Å². The van der Waals surface area contributed by atoms with Gasteiger partial charge in [0.2, 0.25) is 0 Å². The Balaban J connectivity index is 1.80. The van der Waals surface area contributed by atoms with Gasteiger partial charge >= 0.3 is 0 Å². The van der Waals surface area contributed by atoms with Crippen molar-refractivity contribution in [2.45, 2.75) is 64.0 Å². The Morgan fingerprint density at radius 3 is 2.38 bits per heavy atom. The number of nitrogens with two attached hydrogens (primary N) is 1. The van der Waals surface area contributed by atoms with Crippen molar-refractivity contribution in [1.29, 1.82) is 0 Å². The number of aryl methyl sites for hydroxylation is 1. The van der Waals surface area contributed by atoms with Crippen LogP contribution >= 0.6 is 0 Å². The van der Waals surface area contributed by atoms with Crippen molar-refractivity contribution in [3.8, 4) is 0 Å². The highest BCUT2D eigenvalue weighted by Crippen LogP contribution is 2.32. The molecule has 0 radical (unpaired) electrons. The molecule has 3 nitrogen and oxygen atoms in total. The lowest BCUT2D eigenvalue weighted by Gasteiger charge is -2.34. The smallest absolute Gasteiger partial charge is 0.192 e. The average Bonchev–Trinajstić information content (AvgIpc) is 2.74. The topological polar surface area (TPSA) is 41.6 Å². The van der Waals surface area contributed by atoms with Gasteiger partial charge < -0.3 is 10.6 Å². The van der Waals surface area contributed by atoms with Crippen LogP contribution in [0.25, 0.3) is 0 Å². The molecule has 1 atom stereocenters. The zero-order chi connectivity index (χ0) is 14.7. The van der Waals surface area contributed by atoms with Gasteiger partial charge in [0, 0.05) is 6.04 Å². The lowest BCUT2D eigenvalue weighted by atomic mass is 9.99. The van der Waals surface area contributed by atoms with E-state index in [1.54, 1.807) is 0 Å². The van der Waals surface area contributed by atoms with E-state index in [4.69, 9.17) is 5.73 Å². The predicted molar refractivity (Wildman–Crippen MR) is 88.4 cm³/mol. The Morgan fingerprint density at radius 1 is 1.10 bits per heavy atom. The minimum Gasteiger partial charge on any atom is -0.370 e. The molecule has 0 aromatic heterocycles. The van der Waals surface area contributed by atoms with Gasteiger partial charge in [-0.05, 0) is 30.4 Å². The Hall–Kier alpha value is -1.51. The number of guanidine groups is 1. The van der Waals surface area contributed by atoms with Crippen molar-refractivity contribution in [3.63, 3.8) is 0 Å². The van der Waals surface area contributed by atoms with E-state index in [0.717, 1.165) is 18.9 Å². The van der Waals surface area contributed by atoms with Gasteiger partial charge in [-0.3, -0.25) is 4.99 Å². The standard InChI is InChI=1S/C18H27N3/c1-2-14-9-11-15(12-10-14)17-13-20-18(19)21(17)16-7-5-3-4-6-8-16/h9-12,16-17H,2-8,13H2,1H3,(H2,19,20). The molecule has 21 heavy (non-hydrogen) atoms. The molecule has 0 spiro atoms. The zero-order valence-electron chi connectivity index (χ0n) is 13.1. The summed E-state index contributed by atoms with van der Waals surface area (Å²) < 4.78 is 0. The fourth-order valence-corrected chi connectivity index (χ4v) is 3.73. The Bertz CT molecular complexity index is 484. The summed E-state index contributed by atoms with van der Waals surface area (Å²) in [7, 11) is 0. The van der Waals surface area contributed by atoms with Crippen molar-refractivity contribution in [1.82, 2.24) is 4.90 Å². The van der Waals surface area contributed by atoms with Gasteiger partial charge in [-0.25, -0.2) is 0 Å². The average molecular weight is 285 g/mol. The van der Waals surface area contributed by atoms with Crippen LogP contribution in [0.4, 0.5) is 0 Å². The van der Waals surface area contributed by atoms with Crippen molar-refractivity contribution in [2.24, 2.45) is 10.7 Å². The summed E-state index contributed by atoms with van der Waals surface area (Å²) in [5, 5.41) is 0. The summed E-state index contributed by atoms with van der Waals surface area (Å²) in [4.78, 5) is 6.95. The highest BCUT2D eigenvalue weighted by Gasteiger charge is 2.33. The largest absolute Gasteiger partial charge is 0.370 e. The molecule has 1 aliphatic carbocycles. The molecule has 1 saturated carbocycles. The van der Waals surface area contributed by atoms with Gasteiger partial charge in [-0.1, -0.05) is 56.9 Å². The number of benzene rings is 1. The molecule has 114 valence electrons. The second kappa shape index (κ2) is 6.50. The molecule has 0 saturated heterocycles. The fraction of sp³-hybridized carbons (Fsp3) is 0.611. The minimum absolute atomic E-state index is 0.346. The zero-order valence-corrected chi connectivity index (χ0v) is 13.1. The van der Waals surface area contributed by atoms with Gasteiger partial charge in [0.15, 0.2) is 5.96 Å². The molecular weight excluding hydrogens is 258 g/mol. The SMILES string of the molecule is CCc1ccc(C2CN=C(N)N2C2CCCCCC2)cc1. The maximum absolute atomic E-state index is 6.22. The van der Waals surface area contributed by atoms with Gasteiger partial charge in [0.05, 0.1) is 12.6 Å². The van der Waals surface area contributed by atoms with Crippen molar-refractivity contribution in [2.75, 3.05) is 6.54 Å². The van der Waals surface area contributed by atoms with Crippen molar-refractivity contribution >= 4 is 5.96 Å². The lowest BCUT2D eigenvalue weighted by molar-refractivity contribution is 0.237. The second-order valence-electron chi connectivity index (χ2n) is 6.36. The third-order valence-corrected chi connectivity index (χ3v) is 5.02. The number of hydrogen-bond acceptors (Lipinski definition) is 3. The molecule has 2 aliphatic rings. The number of aliphatic imine (C=N–C) groups is 1. The minimum atomic E-state index is 0.346. The van der Waals surface area contributed by atoms with E-state index < -0.39 is 0 Å². The highest BCUT2D eigenvalue weighted by atomic mass is 15.3. The molecular formula is C18H27N3. The summed E-state index contributed by atoms with van der Waals surface area (Å²) in [6.45, 7) is 3.01. The molecule has 1 aliphatic heterocycles. The molecule has 1 aromatic carbocycles. The first-order valence-electron chi connectivity index (χ1n) is 8.46. The van der Waals surface area contributed by atoms with Crippen LogP contribution < -0.4 is 5.73 Å². The first-order chi connectivity index (χ1) is 10.3. The number of nitrogens with zero attached hydrogens (tertiary/aromatic N) is 2. The normalized spacial score (nSPS) is 24.0. The quantitative estimate of drug-likeness (QED) is 0.861. The first kappa shape index (κ1) is 14.4.